The van der Waals surface area contributed by atoms with Crippen molar-refractivity contribution in [3.63, 3.8) is 0 Å². The highest BCUT2D eigenvalue weighted by atomic mass is 19.4. The minimum atomic E-state index is -4.53. The molecule has 0 fully saturated rings. The Labute approximate surface area is 134 Å². The van der Waals surface area contributed by atoms with E-state index in [4.69, 9.17) is 0 Å². The van der Waals surface area contributed by atoms with Crippen LogP contribution >= 0.6 is 0 Å². The number of alkyl halides is 3. The van der Waals surface area contributed by atoms with Crippen molar-refractivity contribution in [1.29, 1.82) is 0 Å². The summed E-state index contributed by atoms with van der Waals surface area (Å²) < 4.78 is 55.0. The number of hydrogen-bond donors (Lipinski definition) is 0. The zero-order chi connectivity index (χ0) is 16.9. The summed E-state index contributed by atoms with van der Waals surface area (Å²) >= 11 is 0. The molecule has 0 amide bonds. The Morgan fingerprint density at radius 3 is 1.79 bits per heavy atom. The Balaban J connectivity index is 2.13. The summed E-state index contributed by atoms with van der Waals surface area (Å²) in [4.78, 5) is 0. The lowest BCUT2D eigenvalue weighted by Gasteiger charge is -2.12. The Kier molecular flexibility index (Phi) is 3.13. The van der Waals surface area contributed by atoms with E-state index in [1.54, 1.807) is 24.3 Å². The molecule has 0 aliphatic rings. The summed E-state index contributed by atoms with van der Waals surface area (Å²) in [5, 5.41) is 1.73. The van der Waals surface area contributed by atoms with Crippen LogP contribution in [0.2, 0.25) is 0 Å². The summed E-state index contributed by atoms with van der Waals surface area (Å²) in [6, 6.07) is 17.0. The van der Waals surface area contributed by atoms with E-state index in [-0.39, 0.29) is 5.69 Å². The Morgan fingerprint density at radius 1 is 0.708 bits per heavy atom. The summed E-state index contributed by atoms with van der Waals surface area (Å²) in [6.07, 6.45) is -4.53. The lowest BCUT2D eigenvalue weighted by molar-refractivity contribution is -0.137. The molecule has 5 heteroatoms. The van der Waals surface area contributed by atoms with Gasteiger partial charge in [0.25, 0.3) is 0 Å². The number of rotatable bonds is 1. The van der Waals surface area contributed by atoms with Gasteiger partial charge in [0.2, 0.25) is 0 Å². The first-order chi connectivity index (χ1) is 11.5. The second-order valence-electron chi connectivity index (χ2n) is 5.53. The maximum absolute atomic E-state index is 14.4. The van der Waals surface area contributed by atoms with Crippen molar-refractivity contribution in [3.8, 4) is 5.69 Å². The maximum atomic E-state index is 14.4. The summed E-state index contributed by atoms with van der Waals surface area (Å²) in [5.74, 6) is -0.700. The predicted molar refractivity (Wildman–Crippen MR) is 85.7 cm³/mol. The number of halogens is 4. The second-order valence-corrected chi connectivity index (χ2v) is 5.53. The van der Waals surface area contributed by atoms with Crippen LogP contribution in [0.1, 0.15) is 5.56 Å². The molecule has 0 atom stereocenters. The molecule has 0 spiro atoms. The molecule has 1 heterocycles. The van der Waals surface area contributed by atoms with Crippen molar-refractivity contribution in [2.24, 2.45) is 0 Å². The third-order valence-corrected chi connectivity index (χ3v) is 4.09. The highest BCUT2D eigenvalue weighted by Crippen LogP contribution is 2.35. The van der Waals surface area contributed by atoms with Gasteiger partial charge in [-0.15, -0.1) is 0 Å². The monoisotopic (exact) mass is 329 g/mol. The van der Waals surface area contributed by atoms with Gasteiger partial charge in [-0.05, 0) is 30.3 Å². The van der Waals surface area contributed by atoms with Crippen molar-refractivity contribution in [2.45, 2.75) is 6.18 Å². The van der Waals surface area contributed by atoms with Gasteiger partial charge in [-0.1, -0.05) is 36.4 Å². The van der Waals surface area contributed by atoms with Crippen molar-refractivity contribution < 1.29 is 17.6 Å². The molecular formula is C19H11F4N. The van der Waals surface area contributed by atoms with E-state index in [9.17, 15) is 17.6 Å². The molecule has 120 valence electrons. The van der Waals surface area contributed by atoms with E-state index in [0.717, 1.165) is 29.0 Å². The molecule has 3 aromatic carbocycles. The van der Waals surface area contributed by atoms with Gasteiger partial charge in [0.15, 0.2) is 0 Å². The third kappa shape index (κ3) is 2.16. The van der Waals surface area contributed by atoms with Crippen LogP contribution in [0.4, 0.5) is 17.6 Å². The van der Waals surface area contributed by atoms with E-state index < -0.39 is 17.6 Å². The van der Waals surface area contributed by atoms with Crippen molar-refractivity contribution in [2.75, 3.05) is 0 Å². The normalized spacial score (nSPS) is 12.2. The molecule has 4 aromatic rings. The van der Waals surface area contributed by atoms with Crippen LogP contribution in [-0.4, -0.2) is 4.57 Å². The molecule has 1 nitrogen and oxygen atoms in total. The Hall–Kier alpha value is -2.82. The van der Waals surface area contributed by atoms with Crippen molar-refractivity contribution in [1.82, 2.24) is 4.57 Å². The van der Waals surface area contributed by atoms with E-state index in [2.05, 4.69) is 0 Å². The van der Waals surface area contributed by atoms with Crippen LogP contribution in [0.5, 0.6) is 0 Å². The average Bonchev–Trinajstić information content (AvgIpc) is 2.89. The van der Waals surface area contributed by atoms with Gasteiger partial charge in [-0.3, -0.25) is 0 Å². The Bertz CT molecular complexity index is 1010. The molecule has 4 rings (SSSR count). The molecule has 0 saturated heterocycles. The first-order valence-corrected chi connectivity index (χ1v) is 7.32. The minimum absolute atomic E-state index is 0.109. The van der Waals surface area contributed by atoms with Crippen LogP contribution in [0.25, 0.3) is 27.5 Å². The van der Waals surface area contributed by atoms with E-state index in [1.165, 1.54) is 4.57 Å². The van der Waals surface area contributed by atoms with Crippen LogP contribution in [0, 0.1) is 5.82 Å². The van der Waals surface area contributed by atoms with E-state index >= 15 is 0 Å². The van der Waals surface area contributed by atoms with Gasteiger partial charge in [-0.25, -0.2) is 4.39 Å². The van der Waals surface area contributed by atoms with Gasteiger partial charge >= 0.3 is 6.18 Å². The van der Waals surface area contributed by atoms with Crippen molar-refractivity contribution in [3.05, 3.63) is 78.1 Å². The first kappa shape index (κ1) is 14.8. The quantitative estimate of drug-likeness (QED) is 0.381. The molecule has 0 bridgehead atoms. The predicted octanol–water partition coefficient (Wildman–Crippen LogP) is 5.94. The average molecular weight is 329 g/mol. The number of fused-ring (bicyclic) bond motifs is 3. The van der Waals surface area contributed by atoms with Gasteiger partial charge in [-0.2, -0.15) is 13.2 Å². The molecule has 0 N–H and O–H groups in total. The zero-order valence-electron chi connectivity index (χ0n) is 12.3. The molecular weight excluding hydrogens is 318 g/mol. The fraction of sp³-hybridized carbons (Fsp3) is 0.0526. The number of nitrogens with zero attached hydrogens (tertiary/aromatic N) is 1. The Morgan fingerprint density at radius 2 is 1.25 bits per heavy atom. The number of hydrogen-bond acceptors (Lipinski definition) is 0. The summed E-state index contributed by atoms with van der Waals surface area (Å²) in [7, 11) is 0. The first-order valence-electron chi connectivity index (χ1n) is 7.32. The van der Waals surface area contributed by atoms with Crippen LogP contribution in [-0.2, 0) is 6.18 Å². The van der Waals surface area contributed by atoms with Gasteiger partial charge in [0.05, 0.1) is 22.3 Å². The largest absolute Gasteiger partial charge is 0.416 e. The smallest absolute Gasteiger partial charge is 0.306 e. The molecule has 1 aromatic heterocycles. The molecule has 0 saturated carbocycles. The highest BCUT2D eigenvalue weighted by Gasteiger charge is 2.31. The topological polar surface area (TPSA) is 4.93 Å². The molecule has 0 unspecified atom stereocenters. The second kappa shape index (κ2) is 5.09. The number of aromatic nitrogens is 1. The van der Waals surface area contributed by atoms with Gasteiger partial charge in [0, 0.05) is 10.8 Å². The fourth-order valence-corrected chi connectivity index (χ4v) is 3.04. The molecule has 0 radical (unpaired) electrons. The zero-order valence-corrected chi connectivity index (χ0v) is 12.3. The molecule has 24 heavy (non-hydrogen) atoms. The minimum Gasteiger partial charge on any atom is -0.306 e. The highest BCUT2D eigenvalue weighted by molar-refractivity contribution is 6.09. The lowest BCUT2D eigenvalue weighted by Crippen LogP contribution is -2.07. The van der Waals surface area contributed by atoms with Gasteiger partial charge in [0.1, 0.15) is 5.82 Å². The van der Waals surface area contributed by atoms with Crippen LogP contribution < -0.4 is 0 Å². The standard InChI is InChI=1S/C19H11F4N/c20-15-10-9-12(19(21,22)23)11-18(15)24-16-7-3-1-5-13(16)14-6-2-4-8-17(14)24/h1-11H. The summed E-state index contributed by atoms with van der Waals surface area (Å²) in [5.41, 5.74) is 0.344. The lowest BCUT2D eigenvalue weighted by atomic mass is 10.1. The van der Waals surface area contributed by atoms with Crippen LogP contribution in [0.3, 0.4) is 0 Å². The fourth-order valence-electron chi connectivity index (χ4n) is 3.04. The van der Waals surface area contributed by atoms with Crippen LogP contribution in [0.15, 0.2) is 66.7 Å². The van der Waals surface area contributed by atoms with Gasteiger partial charge < -0.3 is 4.57 Å². The maximum Gasteiger partial charge on any atom is 0.416 e. The SMILES string of the molecule is Fc1ccc(C(F)(F)F)cc1-n1c2ccccc2c2ccccc21. The van der Waals surface area contributed by atoms with E-state index in [1.807, 2.05) is 24.3 Å². The third-order valence-electron chi connectivity index (χ3n) is 4.09. The summed E-state index contributed by atoms with van der Waals surface area (Å²) in [6.45, 7) is 0. The molecule has 0 aliphatic carbocycles. The molecule has 0 aliphatic heterocycles. The number of benzene rings is 3. The van der Waals surface area contributed by atoms with Crippen molar-refractivity contribution >= 4 is 21.8 Å². The van der Waals surface area contributed by atoms with E-state index in [0.29, 0.717) is 11.0 Å². The number of para-hydroxylation sites is 2.